The lowest BCUT2D eigenvalue weighted by Crippen LogP contribution is -2.30. The van der Waals surface area contributed by atoms with Gasteiger partial charge in [0, 0.05) is 22.2 Å². The van der Waals surface area contributed by atoms with Gasteiger partial charge in [-0.2, -0.15) is 0 Å². The van der Waals surface area contributed by atoms with Gasteiger partial charge in [0.05, 0.1) is 23.3 Å². The summed E-state index contributed by atoms with van der Waals surface area (Å²) in [6, 6.07) is 7.87. The molecule has 27 heavy (non-hydrogen) atoms. The van der Waals surface area contributed by atoms with Crippen molar-refractivity contribution in [2.24, 2.45) is 0 Å². The highest BCUT2D eigenvalue weighted by Gasteiger charge is 2.22. The number of hydrogen-bond acceptors (Lipinski definition) is 6. The molecule has 1 atom stereocenters. The number of amides is 1. The average molecular weight is 413 g/mol. The number of anilines is 1. The average Bonchev–Trinajstić information content (AvgIpc) is 2.60. The maximum Gasteiger partial charge on any atom is 0.339 e. The first kappa shape index (κ1) is 20.5. The molecule has 0 fully saturated rings. The molecule has 0 heterocycles. The van der Waals surface area contributed by atoms with Crippen molar-refractivity contribution >= 4 is 46.5 Å². The molecule has 142 valence electrons. The van der Waals surface area contributed by atoms with Crippen LogP contribution in [0.25, 0.3) is 0 Å². The third-order valence-electron chi connectivity index (χ3n) is 3.40. The van der Waals surface area contributed by atoms with Gasteiger partial charge in [0.1, 0.15) is 5.75 Å². The number of methoxy groups -OCH3 is 1. The second-order valence-electron chi connectivity index (χ2n) is 5.34. The van der Waals surface area contributed by atoms with Gasteiger partial charge in [-0.25, -0.2) is 4.79 Å². The smallest absolute Gasteiger partial charge is 0.339 e. The molecular formula is C17H14Cl2N2O6. The quantitative estimate of drug-likeness (QED) is 0.434. The molecule has 8 nitrogen and oxygen atoms in total. The fourth-order valence-electron chi connectivity index (χ4n) is 2.10. The Bertz CT molecular complexity index is 883. The van der Waals surface area contributed by atoms with Crippen molar-refractivity contribution in [3.63, 3.8) is 0 Å². The number of carbonyl (C=O) groups excluding carboxylic acids is 2. The van der Waals surface area contributed by atoms with Crippen LogP contribution in [0.5, 0.6) is 5.75 Å². The Kier molecular flexibility index (Phi) is 6.59. The molecule has 2 rings (SSSR count). The van der Waals surface area contributed by atoms with Crippen molar-refractivity contribution in [2.45, 2.75) is 13.0 Å². The fraction of sp³-hybridized carbons (Fsp3) is 0.176. The molecule has 0 saturated heterocycles. The van der Waals surface area contributed by atoms with E-state index >= 15 is 0 Å². The van der Waals surface area contributed by atoms with Crippen LogP contribution in [0.1, 0.15) is 17.3 Å². The number of benzene rings is 2. The van der Waals surface area contributed by atoms with Crippen LogP contribution < -0.4 is 10.1 Å². The van der Waals surface area contributed by atoms with Crippen molar-refractivity contribution in [2.75, 3.05) is 12.4 Å². The zero-order chi connectivity index (χ0) is 20.1. The number of esters is 1. The first-order valence-corrected chi connectivity index (χ1v) is 8.27. The summed E-state index contributed by atoms with van der Waals surface area (Å²) in [6.07, 6.45) is -1.20. The van der Waals surface area contributed by atoms with E-state index in [4.69, 9.17) is 32.7 Å². The summed E-state index contributed by atoms with van der Waals surface area (Å²) in [4.78, 5) is 34.7. The van der Waals surface area contributed by atoms with Crippen LogP contribution in [-0.2, 0) is 9.53 Å². The zero-order valence-electron chi connectivity index (χ0n) is 14.2. The molecule has 0 aliphatic rings. The molecule has 2 aromatic rings. The summed E-state index contributed by atoms with van der Waals surface area (Å²) >= 11 is 11.7. The van der Waals surface area contributed by atoms with E-state index in [-0.39, 0.29) is 32.7 Å². The van der Waals surface area contributed by atoms with Gasteiger partial charge in [0.15, 0.2) is 6.10 Å². The molecule has 0 aromatic heterocycles. The van der Waals surface area contributed by atoms with E-state index in [2.05, 4.69) is 5.32 Å². The van der Waals surface area contributed by atoms with Crippen LogP contribution in [0.15, 0.2) is 36.4 Å². The van der Waals surface area contributed by atoms with E-state index in [1.807, 2.05) is 0 Å². The second kappa shape index (κ2) is 8.70. The number of rotatable bonds is 6. The highest BCUT2D eigenvalue weighted by molar-refractivity contribution is 6.35. The number of ether oxygens (including phenoxy) is 2. The third kappa shape index (κ3) is 5.32. The van der Waals surface area contributed by atoms with E-state index in [1.54, 1.807) is 0 Å². The molecule has 0 spiro atoms. The Morgan fingerprint density at radius 3 is 2.33 bits per heavy atom. The second-order valence-corrected chi connectivity index (χ2v) is 6.21. The van der Waals surface area contributed by atoms with E-state index in [9.17, 15) is 19.7 Å². The van der Waals surface area contributed by atoms with Gasteiger partial charge in [-0.15, -0.1) is 0 Å². The minimum atomic E-state index is -1.20. The minimum absolute atomic E-state index is 0.0744. The van der Waals surface area contributed by atoms with Crippen molar-refractivity contribution in [1.82, 2.24) is 0 Å². The Morgan fingerprint density at radius 2 is 1.78 bits per heavy atom. The number of halogens is 2. The summed E-state index contributed by atoms with van der Waals surface area (Å²) in [5.74, 6) is -1.28. The Morgan fingerprint density at radius 1 is 1.15 bits per heavy atom. The summed E-state index contributed by atoms with van der Waals surface area (Å²) in [7, 11) is 1.35. The molecule has 1 N–H and O–H groups in total. The lowest BCUT2D eigenvalue weighted by Gasteiger charge is -2.15. The predicted octanol–water partition coefficient (Wildman–Crippen LogP) is 4.09. The molecule has 0 unspecified atom stereocenters. The van der Waals surface area contributed by atoms with Crippen molar-refractivity contribution in [3.8, 4) is 5.75 Å². The van der Waals surface area contributed by atoms with E-state index in [0.717, 1.165) is 6.07 Å². The van der Waals surface area contributed by atoms with Crippen LogP contribution in [0.2, 0.25) is 10.0 Å². The lowest BCUT2D eigenvalue weighted by molar-refractivity contribution is -0.384. The lowest BCUT2D eigenvalue weighted by atomic mass is 10.2. The predicted molar refractivity (Wildman–Crippen MR) is 99.6 cm³/mol. The SMILES string of the molecule is COc1ccc([N+](=O)[O-])cc1NC(=O)[C@H](C)OC(=O)c1cc(Cl)cc(Cl)c1. The number of nitro groups is 1. The van der Waals surface area contributed by atoms with Crippen LogP contribution in [0.3, 0.4) is 0 Å². The van der Waals surface area contributed by atoms with Crippen molar-refractivity contribution < 1.29 is 24.0 Å². The molecule has 10 heteroatoms. The number of nitrogens with zero attached hydrogens (tertiary/aromatic N) is 1. The topological polar surface area (TPSA) is 108 Å². The van der Waals surface area contributed by atoms with Gasteiger partial charge in [0.2, 0.25) is 0 Å². The monoisotopic (exact) mass is 412 g/mol. The summed E-state index contributed by atoms with van der Waals surface area (Å²) in [5, 5.41) is 13.8. The van der Waals surface area contributed by atoms with Gasteiger partial charge in [-0.1, -0.05) is 23.2 Å². The highest BCUT2D eigenvalue weighted by Crippen LogP contribution is 2.29. The van der Waals surface area contributed by atoms with Crippen LogP contribution in [0, 0.1) is 10.1 Å². The molecule has 2 aromatic carbocycles. The number of non-ortho nitro benzene ring substituents is 1. The van der Waals surface area contributed by atoms with Crippen LogP contribution in [-0.4, -0.2) is 30.0 Å². The van der Waals surface area contributed by atoms with E-state index in [0.29, 0.717) is 0 Å². The third-order valence-corrected chi connectivity index (χ3v) is 3.84. The first-order valence-electron chi connectivity index (χ1n) is 7.51. The molecule has 0 radical (unpaired) electrons. The standard InChI is InChI=1S/C17H14Cl2N2O6/c1-9(27-17(23)10-5-11(18)7-12(19)6-10)16(22)20-14-8-13(21(24)25)3-4-15(14)26-2/h3-9H,1-2H3,(H,20,22)/t9-/m0/s1. The highest BCUT2D eigenvalue weighted by atomic mass is 35.5. The zero-order valence-corrected chi connectivity index (χ0v) is 15.7. The molecular weight excluding hydrogens is 399 g/mol. The number of nitro benzene ring substituents is 1. The molecule has 0 aliphatic heterocycles. The van der Waals surface area contributed by atoms with E-state index in [1.165, 1.54) is 44.4 Å². The molecule has 0 aliphatic carbocycles. The minimum Gasteiger partial charge on any atom is -0.495 e. The molecule has 0 bridgehead atoms. The Hall–Kier alpha value is -2.84. The number of hydrogen-bond donors (Lipinski definition) is 1. The van der Waals surface area contributed by atoms with Gasteiger partial charge < -0.3 is 14.8 Å². The van der Waals surface area contributed by atoms with Gasteiger partial charge >= 0.3 is 5.97 Å². The summed E-state index contributed by atoms with van der Waals surface area (Å²) < 4.78 is 10.2. The Labute approximate surface area is 164 Å². The van der Waals surface area contributed by atoms with Crippen molar-refractivity contribution in [3.05, 3.63) is 62.1 Å². The van der Waals surface area contributed by atoms with Gasteiger partial charge in [-0.3, -0.25) is 14.9 Å². The first-order chi connectivity index (χ1) is 12.7. The fourth-order valence-corrected chi connectivity index (χ4v) is 2.62. The Balaban J connectivity index is 2.12. The molecule has 0 saturated carbocycles. The van der Waals surface area contributed by atoms with Gasteiger partial charge in [-0.05, 0) is 31.2 Å². The largest absolute Gasteiger partial charge is 0.495 e. The van der Waals surface area contributed by atoms with E-state index < -0.39 is 22.9 Å². The van der Waals surface area contributed by atoms with Crippen LogP contribution in [0.4, 0.5) is 11.4 Å². The normalized spacial score (nSPS) is 11.4. The van der Waals surface area contributed by atoms with Crippen LogP contribution >= 0.6 is 23.2 Å². The maximum atomic E-state index is 12.3. The summed E-state index contributed by atoms with van der Waals surface area (Å²) in [5.41, 5.74) is -0.0743. The number of nitrogens with one attached hydrogen (secondary N) is 1. The summed E-state index contributed by atoms with van der Waals surface area (Å²) in [6.45, 7) is 1.35. The molecule has 1 amide bonds. The number of carbonyl (C=O) groups is 2. The maximum absolute atomic E-state index is 12.3. The van der Waals surface area contributed by atoms with Gasteiger partial charge in [0.25, 0.3) is 11.6 Å². The van der Waals surface area contributed by atoms with Crippen molar-refractivity contribution in [1.29, 1.82) is 0 Å².